The molecule has 0 spiro atoms. The summed E-state index contributed by atoms with van der Waals surface area (Å²) in [5.41, 5.74) is 6.41. The maximum Gasteiger partial charge on any atom is 0.256 e. The highest BCUT2D eigenvalue weighted by Gasteiger charge is 2.13. The third-order valence-electron chi connectivity index (χ3n) is 3.89. The monoisotopic (exact) mass is 425 g/mol. The molecule has 4 N–H and O–H groups in total. The van der Waals surface area contributed by atoms with E-state index in [2.05, 4.69) is 16.7 Å². The van der Waals surface area contributed by atoms with Crippen molar-refractivity contribution in [1.82, 2.24) is 5.32 Å². The third-order valence-corrected chi connectivity index (χ3v) is 6.07. The number of carbonyl (C=O) groups is 3. The molecule has 2 aromatic carbocycles. The molecule has 0 saturated heterocycles. The van der Waals surface area contributed by atoms with Crippen LogP contribution in [-0.2, 0) is 10.5 Å². The number of amides is 3. The molecule has 0 atom stereocenters. The molecule has 0 saturated carbocycles. The van der Waals surface area contributed by atoms with Crippen LogP contribution in [-0.4, -0.2) is 24.3 Å². The number of hydrogen-bond donors (Lipinski definition) is 3. The van der Waals surface area contributed by atoms with E-state index in [1.165, 1.54) is 4.88 Å². The van der Waals surface area contributed by atoms with Crippen LogP contribution in [0.5, 0.6) is 0 Å². The lowest BCUT2D eigenvalue weighted by Crippen LogP contribution is -2.33. The van der Waals surface area contributed by atoms with E-state index in [9.17, 15) is 14.4 Å². The van der Waals surface area contributed by atoms with Crippen LogP contribution >= 0.6 is 23.1 Å². The standard InChI is InChI=1S/C21H19N3O3S2/c22-19(25)12-23-20(26)14-5-3-6-15(11-14)24-21(27)17-8-1-2-9-18(17)29-13-16-7-4-10-28-16/h1-11H,12-13H2,(H2,22,25)(H,23,26)(H,24,27). The number of anilines is 1. The van der Waals surface area contributed by atoms with Gasteiger partial charge in [0.2, 0.25) is 5.91 Å². The Morgan fingerprint density at radius 2 is 1.79 bits per heavy atom. The number of carbonyl (C=O) groups excluding carboxylic acids is 3. The molecule has 0 aliphatic heterocycles. The summed E-state index contributed by atoms with van der Waals surface area (Å²) in [4.78, 5) is 37.8. The fourth-order valence-corrected chi connectivity index (χ4v) is 4.35. The van der Waals surface area contributed by atoms with E-state index < -0.39 is 11.8 Å². The zero-order valence-corrected chi connectivity index (χ0v) is 17.0. The number of primary amides is 1. The molecule has 0 radical (unpaired) electrons. The maximum atomic E-state index is 12.8. The first kappa shape index (κ1) is 20.6. The van der Waals surface area contributed by atoms with E-state index in [1.54, 1.807) is 53.4 Å². The number of thiophene rings is 1. The molecule has 3 aromatic rings. The Morgan fingerprint density at radius 1 is 0.966 bits per heavy atom. The molecule has 3 amide bonds. The van der Waals surface area contributed by atoms with Gasteiger partial charge in [-0.3, -0.25) is 14.4 Å². The molecule has 1 aromatic heterocycles. The van der Waals surface area contributed by atoms with E-state index in [0.717, 1.165) is 10.6 Å². The summed E-state index contributed by atoms with van der Waals surface area (Å²) in [6.45, 7) is -0.246. The molecule has 0 aliphatic carbocycles. The Kier molecular flexibility index (Phi) is 7.04. The van der Waals surface area contributed by atoms with Gasteiger partial charge in [0, 0.05) is 26.8 Å². The van der Waals surface area contributed by atoms with Gasteiger partial charge in [-0.25, -0.2) is 0 Å². The van der Waals surface area contributed by atoms with Crippen LogP contribution in [0.25, 0.3) is 0 Å². The molecule has 0 bridgehead atoms. The van der Waals surface area contributed by atoms with Crippen molar-refractivity contribution >= 4 is 46.5 Å². The van der Waals surface area contributed by atoms with Crippen molar-refractivity contribution in [3.63, 3.8) is 0 Å². The van der Waals surface area contributed by atoms with Crippen LogP contribution in [0.3, 0.4) is 0 Å². The number of thioether (sulfide) groups is 1. The first-order valence-electron chi connectivity index (χ1n) is 8.75. The Labute approximate surface area is 176 Å². The van der Waals surface area contributed by atoms with Gasteiger partial charge >= 0.3 is 0 Å². The van der Waals surface area contributed by atoms with Gasteiger partial charge in [-0.1, -0.05) is 24.3 Å². The van der Waals surface area contributed by atoms with Crippen molar-refractivity contribution in [3.05, 3.63) is 82.0 Å². The van der Waals surface area contributed by atoms with E-state index in [0.29, 0.717) is 16.8 Å². The molecule has 1 heterocycles. The summed E-state index contributed by atoms with van der Waals surface area (Å²) >= 11 is 3.28. The molecule has 0 unspecified atom stereocenters. The Balaban J connectivity index is 1.69. The van der Waals surface area contributed by atoms with E-state index in [-0.39, 0.29) is 12.5 Å². The van der Waals surface area contributed by atoms with Crippen molar-refractivity contribution in [2.75, 3.05) is 11.9 Å². The SMILES string of the molecule is NC(=O)CNC(=O)c1cccc(NC(=O)c2ccccc2SCc2cccs2)c1. The molecule has 3 rings (SSSR count). The first-order valence-corrected chi connectivity index (χ1v) is 10.6. The van der Waals surface area contributed by atoms with Crippen molar-refractivity contribution < 1.29 is 14.4 Å². The second-order valence-corrected chi connectivity index (χ2v) is 8.10. The summed E-state index contributed by atoms with van der Waals surface area (Å²) in [6.07, 6.45) is 0. The lowest BCUT2D eigenvalue weighted by Gasteiger charge is -2.11. The van der Waals surface area contributed by atoms with Crippen LogP contribution in [0.15, 0.2) is 70.9 Å². The van der Waals surface area contributed by atoms with Gasteiger partial charge in [0.25, 0.3) is 11.8 Å². The molecule has 8 heteroatoms. The van der Waals surface area contributed by atoms with Crippen LogP contribution in [0.4, 0.5) is 5.69 Å². The maximum absolute atomic E-state index is 12.8. The van der Waals surface area contributed by atoms with Crippen molar-refractivity contribution in [3.8, 4) is 0 Å². The average molecular weight is 426 g/mol. The molecular weight excluding hydrogens is 406 g/mol. The predicted molar refractivity (Wildman–Crippen MR) is 116 cm³/mol. The second kappa shape index (κ2) is 9.90. The normalized spacial score (nSPS) is 10.3. The highest BCUT2D eigenvalue weighted by atomic mass is 32.2. The number of nitrogens with one attached hydrogen (secondary N) is 2. The number of benzene rings is 2. The highest BCUT2D eigenvalue weighted by molar-refractivity contribution is 7.98. The number of rotatable bonds is 8. The molecule has 0 fully saturated rings. The van der Waals surface area contributed by atoms with Gasteiger partial charge in [0.15, 0.2) is 0 Å². The van der Waals surface area contributed by atoms with Gasteiger partial charge in [0.05, 0.1) is 12.1 Å². The van der Waals surface area contributed by atoms with Gasteiger partial charge in [-0.2, -0.15) is 0 Å². The molecule has 29 heavy (non-hydrogen) atoms. The minimum Gasteiger partial charge on any atom is -0.368 e. The molecular formula is C21H19N3O3S2. The zero-order chi connectivity index (χ0) is 20.6. The summed E-state index contributed by atoms with van der Waals surface area (Å²) in [6, 6.07) is 18.0. The summed E-state index contributed by atoms with van der Waals surface area (Å²) in [5, 5.41) is 7.28. The van der Waals surface area contributed by atoms with Gasteiger partial charge < -0.3 is 16.4 Å². The topological polar surface area (TPSA) is 101 Å². The molecule has 6 nitrogen and oxygen atoms in total. The lowest BCUT2D eigenvalue weighted by molar-refractivity contribution is -0.117. The summed E-state index contributed by atoms with van der Waals surface area (Å²) < 4.78 is 0. The Bertz CT molecular complexity index is 1020. The summed E-state index contributed by atoms with van der Waals surface area (Å²) in [5.74, 6) is -0.530. The van der Waals surface area contributed by atoms with Crippen LogP contribution in [0, 0.1) is 0 Å². The minimum atomic E-state index is -0.625. The largest absolute Gasteiger partial charge is 0.368 e. The minimum absolute atomic E-state index is 0.246. The van der Waals surface area contributed by atoms with Crippen LogP contribution in [0.1, 0.15) is 25.6 Å². The number of hydrogen-bond acceptors (Lipinski definition) is 5. The fourth-order valence-electron chi connectivity index (χ4n) is 2.53. The predicted octanol–water partition coefficient (Wildman–Crippen LogP) is 3.51. The van der Waals surface area contributed by atoms with E-state index in [4.69, 9.17) is 5.73 Å². The summed E-state index contributed by atoms with van der Waals surface area (Å²) in [7, 11) is 0. The highest BCUT2D eigenvalue weighted by Crippen LogP contribution is 2.28. The van der Waals surface area contributed by atoms with Gasteiger partial charge in [-0.05, 0) is 41.8 Å². The van der Waals surface area contributed by atoms with E-state index >= 15 is 0 Å². The van der Waals surface area contributed by atoms with Crippen molar-refractivity contribution in [2.45, 2.75) is 10.6 Å². The molecule has 148 valence electrons. The first-order chi connectivity index (χ1) is 14.0. The second-order valence-electron chi connectivity index (χ2n) is 6.05. The van der Waals surface area contributed by atoms with Crippen molar-refractivity contribution in [1.29, 1.82) is 0 Å². The smallest absolute Gasteiger partial charge is 0.256 e. The molecule has 0 aliphatic rings. The third kappa shape index (κ3) is 5.94. The lowest BCUT2D eigenvalue weighted by atomic mass is 10.1. The van der Waals surface area contributed by atoms with Gasteiger partial charge in [-0.15, -0.1) is 23.1 Å². The zero-order valence-electron chi connectivity index (χ0n) is 15.4. The van der Waals surface area contributed by atoms with Crippen LogP contribution < -0.4 is 16.4 Å². The Hall–Kier alpha value is -3.10. The number of nitrogens with two attached hydrogens (primary N) is 1. The quantitative estimate of drug-likeness (QED) is 0.481. The fraction of sp³-hybridized carbons (Fsp3) is 0.0952. The van der Waals surface area contributed by atoms with Crippen molar-refractivity contribution in [2.24, 2.45) is 5.73 Å². The Morgan fingerprint density at radius 3 is 2.55 bits per heavy atom. The van der Waals surface area contributed by atoms with Crippen LogP contribution in [0.2, 0.25) is 0 Å². The van der Waals surface area contributed by atoms with E-state index in [1.807, 2.05) is 29.6 Å². The average Bonchev–Trinajstić information content (AvgIpc) is 3.24. The van der Waals surface area contributed by atoms with Gasteiger partial charge in [0.1, 0.15) is 0 Å².